The van der Waals surface area contributed by atoms with Crippen LogP contribution in [-0.2, 0) is 11.3 Å². The molecule has 0 saturated carbocycles. The van der Waals surface area contributed by atoms with Crippen LogP contribution in [0.15, 0.2) is 24.3 Å². The van der Waals surface area contributed by atoms with Crippen molar-refractivity contribution in [3.05, 3.63) is 34.9 Å². The first-order chi connectivity index (χ1) is 10.0. The molecular weight excluding hydrogens is 284 g/mol. The number of ketones is 1. The third-order valence-electron chi connectivity index (χ3n) is 4.72. The van der Waals surface area contributed by atoms with Gasteiger partial charge in [0.25, 0.3) is 0 Å². The highest BCUT2D eigenvalue weighted by Crippen LogP contribution is 2.27. The lowest BCUT2D eigenvalue weighted by molar-refractivity contribution is -0.138. The fourth-order valence-corrected chi connectivity index (χ4v) is 3.67. The highest BCUT2D eigenvalue weighted by Gasteiger charge is 2.41. The van der Waals surface area contributed by atoms with E-state index in [1.54, 1.807) is 0 Å². The van der Waals surface area contributed by atoms with Gasteiger partial charge in [-0.2, -0.15) is 0 Å². The van der Waals surface area contributed by atoms with Gasteiger partial charge in [-0.1, -0.05) is 23.7 Å². The SMILES string of the molecule is CC(C)N1CC2CN(Cc3ccc(Cl)cc3)CC(C1)C2=O. The lowest BCUT2D eigenvalue weighted by Gasteiger charge is -2.46. The van der Waals surface area contributed by atoms with Crippen LogP contribution in [0.25, 0.3) is 0 Å². The quantitative estimate of drug-likeness (QED) is 0.858. The van der Waals surface area contributed by atoms with Crippen molar-refractivity contribution in [2.75, 3.05) is 26.2 Å². The smallest absolute Gasteiger partial charge is 0.144 e. The van der Waals surface area contributed by atoms with Gasteiger partial charge in [0.05, 0.1) is 0 Å². The van der Waals surface area contributed by atoms with Crippen LogP contribution in [0.3, 0.4) is 0 Å². The average molecular weight is 307 g/mol. The molecule has 0 spiro atoms. The van der Waals surface area contributed by atoms with E-state index in [1.807, 2.05) is 12.1 Å². The molecule has 1 aromatic rings. The monoisotopic (exact) mass is 306 g/mol. The maximum atomic E-state index is 12.3. The van der Waals surface area contributed by atoms with Crippen LogP contribution in [0.2, 0.25) is 5.02 Å². The van der Waals surface area contributed by atoms with Crippen molar-refractivity contribution in [3.63, 3.8) is 0 Å². The minimum absolute atomic E-state index is 0.187. The maximum Gasteiger partial charge on any atom is 0.144 e. The Kier molecular flexibility index (Phi) is 4.34. The highest BCUT2D eigenvalue weighted by molar-refractivity contribution is 6.30. The zero-order valence-corrected chi connectivity index (χ0v) is 13.5. The van der Waals surface area contributed by atoms with Gasteiger partial charge in [-0.05, 0) is 31.5 Å². The van der Waals surface area contributed by atoms with Gasteiger partial charge in [0.15, 0.2) is 0 Å². The summed E-state index contributed by atoms with van der Waals surface area (Å²) in [5.74, 6) is 0.860. The van der Waals surface area contributed by atoms with Crippen molar-refractivity contribution in [3.8, 4) is 0 Å². The molecular formula is C17H23ClN2O. The number of halogens is 1. The number of likely N-dealkylation sites (tertiary alicyclic amines) is 2. The van der Waals surface area contributed by atoms with Crippen molar-refractivity contribution >= 4 is 17.4 Å². The summed E-state index contributed by atoms with van der Waals surface area (Å²) in [6.45, 7) is 8.98. The molecule has 2 heterocycles. The van der Waals surface area contributed by atoms with E-state index >= 15 is 0 Å². The molecule has 1 aromatic carbocycles. The first kappa shape index (κ1) is 15.0. The Morgan fingerprint density at radius 2 is 1.67 bits per heavy atom. The number of fused-ring (bicyclic) bond motifs is 2. The number of hydrogen-bond donors (Lipinski definition) is 0. The first-order valence-corrected chi connectivity index (χ1v) is 8.15. The molecule has 2 aliphatic heterocycles. The summed E-state index contributed by atoms with van der Waals surface area (Å²) < 4.78 is 0. The molecule has 0 N–H and O–H groups in total. The molecule has 21 heavy (non-hydrogen) atoms. The lowest BCUT2D eigenvalue weighted by Crippen LogP contribution is -2.59. The summed E-state index contributed by atoms with van der Waals surface area (Å²) in [7, 11) is 0. The van der Waals surface area contributed by atoms with Gasteiger partial charge in [0.2, 0.25) is 0 Å². The molecule has 114 valence electrons. The van der Waals surface area contributed by atoms with Gasteiger partial charge in [0.1, 0.15) is 5.78 Å². The second-order valence-electron chi connectivity index (χ2n) is 6.66. The molecule has 3 rings (SSSR count). The predicted octanol–water partition coefficient (Wildman–Crippen LogP) is 2.68. The number of benzene rings is 1. The van der Waals surface area contributed by atoms with Crippen LogP contribution < -0.4 is 0 Å². The van der Waals surface area contributed by atoms with Crippen LogP contribution >= 0.6 is 11.6 Å². The third-order valence-corrected chi connectivity index (χ3v) is 4.97. The molecule has 2 bridgehead atoms. The number of piperidine rings is 2. The Hall–Kier alpha value is -0.900. The minimum atomic E-state index is 0.187. The van der Waals surface area contributed by atoms with Crippen LogP contribution in [0.1, 0.15) is 19.4 Å². The molecule has 0 aliphatic carbocycles. The van der Waals surface area contributed by atoms with Gasteiger partial charge in [-0.25, -0.2) is 0 Å². The molecule has 3 nitrogen and oxygen atoms in total. The molecule has 4 heteroatoms. The summed E-state index contributed by atoms with van der Waals surface area (Å²) in [5.41, 5.74) is 1.27. The van der Waals surface area contributed by atoms with Crippen molar-refractivity contribution in [1.29, 1.82) is 0 Å². The Balaban J connectivity index is 1.66. The van der Waals surface area contributed by atoms with E-state index in [1.165, 1.54) is 5.56 Å². The Morgan fingerprint density at radius 1 is 1.10 bits per heavy atom. The van der Waals surface area contributed by atoms with Crippen molar-refractivity contribution in [1.82, 2.24) is 9.80 Å². The van der Waals surface area contributed by atoms with Crippen LogP contribution in [-0.4, -0.2) is 47.8 Å². The Bertz CT molecular complexity index is 496. The molecule has 2 saturated heterocycles. The molecule has 0 radical (unpaired) electrons. The van der Waals surface area contributed by atoms with E-state index in [4.69, 9.17) is 11.6 Å². The summed E-state index contributed by atoms with van der Waals surface area (Å²) in [6, 6.07) is 8.57. The van der Waals surface area contributed by atoms with Gasteiger partial charge < -0.3 is 0 Å². The largest absolute Gasteiger partial charge is 0.299 e. The second-order valence-corrected chi connectivity index (χ2v) is 7.10. The van der Waals surface area contributed by atoms with Crippen LogP contribution in [0.5, 0.6) is 0 Å². The van der Waals surface area contributed by atoms with E-state index in [-0.39, 0.29) is 11.8 Å². The highest BCUT2D eigenvalue weighted by atomic mass is 35.5. The fraction of sp³-hybridized carbons (Fsp3) is 0.588. The summed E-state index contributed by atoms with van der Waals surface area (Å²) in [6.07, 6.45) is 0. The number of hydrogen-bond acceptors (Lipinski definition) is 3. The number of Topliss-reactive ketones (excluding diaryl/α,β-unsaturated/α-hetero) is 1. The number of carbonyl (C=O) groups is 1. The number of nitrogens with zero attached hydrogens (tertiary/aromatic N) is 2. The molecule has 2 fully saturated rings. The average Bonchev–Trinajstić information content (AvgIpc) is 2.42. The van der Waals surface area contributed by atoms with Gasteiger partial charge in [-0.15, -0.1) is 0 Å². The molecule has 0 amide bonds. The van der Waals surface area contributed by atoms with Crippen molar-refractivity contribution in [2.24, 2.45) is 11.8 Å². The Labute approximate surface area is 131 Å². The minimum Gasteiger partial charge on any atom is -0.299 e. The van der Waals surface area contributed by atoms with Gasteiger partial charge in [0, 0.05) is 55.6 Å². The summed E-state index contributed by atoms with van der Waals surface area (Å²) in [4.78, 5) is 17.2. The normalized spacial score (nSPS) is 27.3. The Morgan fingerprint density at radius 3 is 2.19 bits per heavy atom. The zero-order chi connectivity index (χ0) is 15.0. The standard InChI is InChI=1S/C17H23ClN2O/c1-12(2)20-10-14-8-19(9-15(11-20)17(14)21)7-13-3-5-16(18)6-4-13/h3-6,12,14-15H,7-11H2,1-2H3. The van der Waals surface area contributed by atoms with E-state index in [0.29, 0.717) is 11.8 Å². The van der Waals surface area contributed by atoms with Crippen LogP contribution in [0.4, 0.5) is 0 Å². The summed E-state index contributed by atoms with van der Waals surface area (Å²) >= 11 is 5.93. The van der Waals surface area contributed by atoms with Gasteiger partial charge >= 0.3 is 0 Å². The maximum absolute atomic E-state index is 12.3. The second kappa shape index (κ2) is 6.07. The van der Waals surface area contributed by atoms with E-state index in [2.05, 4.69) is 35.8 Å². The fourth-order valence-electron chi connectivity index (χ4n) is 3.55. The third kappa shape index (κ3) is 3.31. The van der Waals surface area contributed by atoms with E-state index in [0.717, 1.165) is 37.7 Å². The number of carbonyl (C=O) groups excluding carboxylic acids is 1. The topological polar surface area (TPSA) is 23.6 Å². The van der Waals surface area contributed by atoms with Crippen LogP contribution in [0, 0.1) is 11.8 Å². The van der Waals surface area contributed by atoms with Crippen molar-refractivity contribution in [2.45, 2.75) is 26.4 Å². The molecule has 2 unspecified atom stereocenters. The lowest BCUT2D eigenvalue weighted by atomic mass is 9.82. The van der Waals surface area contributed by atoms with Gasteiger partial charge in [-0.3, -0.25) is 14.6 Å². The molecule has 0 aromatic heterocycles. The van der Waals surface area contributed by atoms with E-state index < -0.39 is 0 Å². The van der Waals surface area contributed by atoms with Crippen molar-refractivity contribution < 1.29 is 4.79 Å². The van der Waals surface area contributed by atoms with E-state index in [9.17, 15) is 4.79 Å². The molecule has 2 aliphatic rings. The zero-order valence-electron chi connectivity index (χ0n) is 12.8. The molecule has 2 atom stereocenters. The first-order valence-electron chi connectivity index (χ1n) is 7.77. The predicted molar refractivity (Wildman–Crippen MR) is 85.4 cm³/mol. The summed E-state index contributed by atoms with van der Waals surface area (Å²) in [5, 5.41) is 0.775. The number of rotatable bonds is 3.